The minimum absolute atomic E-state index is 0.0749. The Labute approximate surface area is 141 Å². The Morgan fingerprint density at radius 3 is 2.90 bits per heavy atom. The zero-order valence-electron chi connectivity index (χ0n) is 11.3. The maximum atomic E-state index is 14.2. The van der Waals surface area contributed by atoms with E-state index in [1.165, 1.54) is 4.31 Å². The molecule has 0 radical (unpaired) electrons. The molecule has 0 spiro atoms. The lowest BCUT2D eigenvalue weighted by Crippen LogP contribution is -2.42. The Balaban J connectivity index is 2.45. The number of rotatable bonds is 3. The van der Waals surface area contributed by atoms with Crippen LogP contribution in [0.4, 0.5) is 10.1 Å². The van der Waals surface area contributed by atoms with E-state index in [0.29, 0.717) is 18.8 Å². The Morgan fingerprint density at radius 2 is 2.29 bits per heavy atom. The monoisotopic (exact) mass is 416 g/mol. The SMILES string of the molecule is CCC1CN(S(=O)(=O)c2cc(Cl)c(Br)c(N)c2F)CCS1. The summed E-state index contributed by atoms with van der Waals surface area (Å²) in [6, 6.07) is 1.11. The normalized spacial score (nSPS) is 20.7. The molecule has 0 bridgehead atoms. The van der Waals surface area contributed by atoms with Crippen LogP contribution < -0.4 is 5.73 Å². The second-order valence-corrected chi connectivity index (χ2v) is 9.18. The lowest BCUT2D eigenvalue weighted by molar-refractivity contribution is 0.412. The first-order valence-electron chi connectivity index (χ1n) is 6.33. The van der Waals surface area contributed by atoms with Crippen LogP contribution in [-0.4, -0.2) is 36.8 Å². The lowest BCUT2D eigenvalue weighted by atomic mass is 10.3. The summed E-state index contributed by atoms with van der Waals surface area (Å²) in [5.74, 6) is -0.267. The number of hydrogen-bond acceptors (Lipinski definition) is 4. The molecule has 1 aliphatic rings. The number of nitrogens with zero attached hydrogens (tertiary/aromatic N) is 1. The smallest absolute Gasteiger partial charge is 0.246 e. The van der Waals surface area contributed by atoms with Crippen molar-refractivity contribution in [1.29, 1.82) is 0 Å². The molecule has 9 heteroatoms. The first-order chi connectivity index (χ1) is 9.78. The van der Waals surface area contributed by atoms with Crippen molar-refractivity contribution in [2.45, 2.75) is 23.5 Å². The minimum atomic E-state index is -3.94. The Kier molecular flexibility index (Phi) is 5.46. The average molecular weight is 418 g/mol. The zero-order chi connectivity index (χ0) is 15.8. The molecule has 21 heavy (non-hydrogen) atoms. The van der Waals surface area contributed by atoms with Crippen LogP contribution in [0.5, 0.6) is 0 Å². The fourth-order valence-electron chi connectivity index (χ4n) is 2.08. The third-order valence-corrected chi connectivity index (χ3v) is 7.95. The van der Waals surface area contributed by atoms with Gasteiger partial charge in [-0.15, -0.1) is 0 Å². The van der Waals surface area contributed by atoms with Gasteiger partial charge in [0.05, 0.1) is 15.2 Å². The quantitative estimate of drug-likeness (QED) is 0.605. The number of thioether (sulfide) groups is 1. The highest BCUT2D eigenvalue weighted by Crippen LogP contribution is 2.36. The largest absolute Gasteiger partial charge is 0.395 e. The van der Waals surface area contributed by atoms with Crippen LogP contribution in [0, 0.1) is 5.82 Å². The first-order valence-corrected chi connectivity index (χ1v) is 9.99. The van der Waals surface area contributed by atoms with Gasteiger partial charge in [0.25, 0.3) is 0 Å². The highest BCUT2D eigenvalue weighted by Gasteiger charge is 2.33. The summed E-state index contributed by atoms with van der Waals surface area (Å²) in [6.45, 7) is 2.73. The maximum Gasteiger partial charge on any atom is 0.246 e. The van der Waals surface area contributed by atoms with Gasteiger partial charge in [-0.1, -0.05) is 18.5 Å². The van der Waals surface area contributed by atoms with E-state index >= 15 is 0 Å². The molecule has 1 aromatic carbocycles. The molecule has 0 aromatic heterocycles. The van der Waals surface area contributed by atoms with E-state index in [9.17, 15) is 12.8 Å². The predicted molar refractivity (Wildman–Crippen MR) is 88.8 cm³/mol. The summed E-state index contributed by atoms with van der Waals surface area (Å²) in [5, 5.41) is 0.297. The minimum Gasteiger partial charge on any atom is -0.395 e. The molecule has 1 fully saturated rings. The van der Waals surface area contributed by atoms with Crippen molar-refractivity contribution >= 4 is 55.0 Å². The van der Waals surface area contributed by atoms with E-state index in [-0.39, 0.29) is 20.4 Å². The van der Waals surface area contributed by atoms with Crippen LogP contribution in [0.25, 0.3) is 0 Å². The van der Waals surface area contributed by atoms with E-state index < -0.39 is 20.7 Å². The van der Waals surface area contributed by atoms with Gasteiger partial charge in [0.2, 0.25) is 10.0 Å². The number of halogens is 3. The highest BCUT2D eigenvalue weighted by molar-refractivity contribution is 9.10. The summed E-state index contributed by atoms with van der Waals surface area (Å²) >= 11 is 10.7. The summed E-state index contributed by atoms with van der Waals surface area (Å²) in [5.41, 5.74) is 5.28. The van der Waals surface area contributed by atoms with Crippen LogP contribution in [0.3, 0.4) is 0 Å². The number of nitrogens with two attached hydrogens (primary N) is 1. The standard InChI is InChI=1S/C12H15BrClFN2O2S2/c1-2-7-6-17(3-4-20-7)21(18,19)9-5-8(14)10(13)12(16)11(9)15/h5,7H,2-4,6,16H2,1H3. The molecule has 2 N–H and O–H groups in total. The fourth-order valence-corrected chi connectivity index (χ4v) is 5.63. The molecular formula is C12H15BrClFN2O2S2. The molecule has 1 aliphatic heterocycles. The molecule has 0 saturated carbocycles. The van der Waals surface area contributed by atoms with Crippen molar-refractivity contribution in [2.75, 3.05) is 24.6 Å². The Morgan fingerprint density at radius 1 is 1.62 bits per heavy atom. The van der Waals surface area contributed by atoms with Crippen LogP contribution in [0.1, 0.15) is 13.3 Å². The van der Waals surface area contributed by atoms with Gasteiger partial charge in [-0.2, -0.15) is 16.1 Å². The van der Waals surface area contributed by atoms with E-state index in [1.807, 2.05) is 6.92 Å². The van der Waals surface area contributed by atoms with Gasteiger partial charge >= 0.3 is 0 Å². The third kappa shape index (κ3) is 3.34. The second kappa shape index (κ2) is 6.62. The van der Waals surface area contributed by atoms with E-state index in [2.05, 4.69) is 15.9 Å². The molecule has 0 amide bonds. The van der Waals surface area contributed by atoms with Crippen molar-refractivity contribution in [2.24, 2.45) is 0 Å². The number of nitrogen functional groups attached to an aromatic ring is 1. The molecule has 2 rings (SSSR count). The molecule has 1 heterocycles. The molecular weight excluding hydrogens is 403 g/mol. The molecule has 1 unspecified atom stereocenters. The predicted octanol–water partition coefficient (Wildman–Crippen LogP) is 3.34. The van der Waals surface area contributed by atoms with Crippen molar-refractivity contribution in [3.63, 3.8) is 0 Å². The highest BCUT2D eigenvalue weighted by atomic mass is 79.9. The third-order valence-electron chi connectivity index (χ3n) is 3.33. The van der Waals surface area contributed by atoms with Gasteiger partial charge in [-0.05, 0) is 28.4 Å². The van der Waals surface area contributed by atoms with Crippen LogP contribution in [-0.2, 0) is 10.0 Å². The number of sulfonamides is 1. The van der Waals surface area contributed by atoms with Gasteiger partial charge in [-0.25, -0.2) is 12.8 Å². The summed E-state index contributed by atoms with van der Waals surface area (Å²) in [7, 11) is -3.94. The van der Waals surface area contributed by atoms with Gasteiger partial charge < -0.3 is 5.73 Å². The topological polar surface area (TPSA) is 63.4 Å². The number of hydrogen-bond donors (Lipinski definition) is 1. The van der Waals surface area contributed by atoms with Crippen molar-refractivity contribution in [3.05, 3.63) is 21.4 Å². The van der Waals surface area contributed by atoms with Crippen molar-refractivity contribution < 1.29 is 12.8 Å². The molecule has 1 atom stereocenters. The Hall–Kier alpha value is -0.0200. The van der Waals surface area contributed by atoms with E-state index in [4.69, 9.17) is 17.3 Å². The van der Waals surface area contributed by atoms with Crippen molar-refractivity contribution in [1.82, 2.24) is 4.31 Å². The van der Waals surface area contributed by atoms with Crippen molar-refractivity contribution in [3.8, 4) is 0 Å². The molecule has 1 aromatic rings. The fraction of sp³-hybridized carbons (Fsp3) is 0.500. The van der Waals surface area contributed by atoms with E-state index in [1.54, 1.807) is 11.8 Å². The maximum absolute atomic E-state index is 14.2. The number of anilines is 1. The van der Waals surface area contributed by atoms with Crippen LogP contribution >= 0.6 is 39.3 Å². The summed E-state index contributed by atoms with van der Waals surface area (Å²) in [6.07, 6.45) is 0.863. The van der Waals surface area contributed by atoms with E-state index in [0.717, 1.165) is 12.5 Å². The lowest BCUT2D eigenvalue weighted by Gasteiger charge is -2.31. The van der Waals surface area contributed by atoms with Gasteiger partial charge in [0.15, 0.2) is 5.82 Å². The summed E-state index contributed by atoms with van der Waals surface area (Å²) < 4.78 is 41.0. The second-order valence-electron chi connectivity index (χ2n) is 4.66. The van der Waals surface area contributed by atoms with Crippen LogP contribution in [0.15, 0.2) is 15.4 Å². The molecule has 0 aliphatic carbocycles. The van der Waals surface area contributed by atoms with Crippen LogP contribution in [0.2, 0.25) is 5.02 Å². The summed E-state index contributed by atoms with van der Waals surface area (Å²) in [4.78, 5) is -0.463. The number of benzene rings is 1. The first kappa shape index (κ1) is 17.3. The molecule has 1 saturated heterocycles. The zero-order valence-corrected chi connectivity index (χ0v) is 15.2. The average Bonchev–Trinajstić information content (AvgIpc) is 2.48. The van der Waals surface area contributed by atoms with Gasteiger partial charge in [0, 0.05) is 24.1 Å². The molecule has 4 nitrogen and oxygen atoms in total. The molecule has 118 valence electrons. The van der Waals surface area contributed by atoms with Gasteiger partial charge in [-0.3, -0.25) is 0 Å². The Bertz CT molecular complexity index is 657. The van der Waals surface area contributed by atoms with Gasteiger partial charge in [0.1, 0.15) is 4.90 Å².